The third kappa shape index (κ3) is 1.77. The number of anilines is 1. The number of nitrogens with one attached hydrogen (secondary N) is 2. The van der Waals surface area contributed by atoms with E-state index in [0.717, 1.165) is 18.4 Å². The maximum atomic E-state index is 12.9. The second kappa shape index (κ2) is 3.94. The van der Waals surface area contributed by atoms with E-state index in [-0.39, 0.29) is 11.7 Å². The van der Waals surface area contributed by atoms with Crippen molar-refractivity contribution in [2.75, 3.05) is 5.32 Å². The number of hydrogen-bond donors (Lipinski definition) is 2. The van der Waals surface area contributed by atoms with E-state index in [4.69, 9.17) is 0 Å². The van der Waals surface area contributed by atoms with Gasteiger partial charge in [0.2, 0.25) is 5.91 Å². The lowest BCUT2D eigenvalue weighted by molar-refractivity contribution is -0.118. The zero-order valence-electron chi connectivity index (χ0n) is 9.61. The number of carbonyl (C=O) groups is 1. The van der Waals surface area contributed by atoms with Crippen molar-refractivity contribution < 1.29 is 9.18 Å². The van der Waals surface area contributed by atoms with Gasteiger partial charge >= 0.3 is 0 Å². The second-order valence-corrected chi connectivity index (χ2v) is 4.51. The van der Waals surface area contributed by atoms with Crippen molar-refractivity contribution in [1.82, 2.24) is 10.2 Å². The van der Waals surface area contributed by atoms with E-state index in [1.165, 1.54) is 12.1 Å². The van der Waals surface area contributed by atoms with E-state index in [9.17, 15) is 9.18 Å². The van der Waals surface area contributed by atoms with Gasteiger partial charge in [0.25, 0.3) is 0 Å². The van der Waals surface area contributed by atoms with Gasteiger partial charge in [0.05, 0.1) is 11.6 Å². The normalized spacial score (nSPS) is 16.3. The molecule has 1 heterocycles. The number of H-pyrrole nitrogens is 1. The van der Waals surface area contributed by atoms with Gasteiger partial charge in [0.15, 0.2) is 0 Å². The molecule has 1 amide bonds. The van der Waals surface area contributed by atoms with Crippen LogP contribution in [0.25, 0.3) is 0 Å². The fourth-order valence-corrected chi connectivity index (χ4v) is 2.11. The smallest absolute Gasteiger partial charge is 0.236 e. The minimum atomic E-state index is -0.501. The molecule has 0 spiro atoms. The van der Waals surface area contributed by atoms with Crippen LogP contribution in [0.1, 0.15) is 18.4 Å². The summed E-state index contributed by atoms with van der Waals surface area (Å²) in [7, 11) is 0. The number of carbonyl (C=O) groups excluding carboxylic acids is 1. The lowest BCUT2D eigenvalue weighted by Crippen LogP contribution is -2.27. The average molecular weight is 245 g/mol. The van der Waals surface area contributed by atoms with Crippen LogP contribution in [-0.4, -0.2) is 16.1 Å². The van der Waals surface area contributed by atoms with Crippen LogP contribution in [0.3, 0.4) is 0 Å². The minimum absolute atomic E-state index is 0.0710. The standard InChI is InChI=1S/C13H12FN3O/c14-10-3-1-9(2-4-10)13(6-7-13)12(18)16-11-5-8-15-17-11/h1-5,8H,6-7H2,(H2,15,16,17,18). The summed E-state index contributed by atoms with van der Waals surface area (Å²) < 4.78 is 12.9. The SMILES string of the molecule is O=C(Nc1ccn[nH]1)C1(c2ccc(F)cc2)CC1. The van der Waals surface area contributed by atoms with Crippen LogP contribution in [-0.2, 0) is 10.2 Å². The van der Waals surface area contributed by atoms with Gasteiger partial charge in [-0.15, -0.1) is 0 Å². The molecule has 0 bridgehead atoms. The first-order chi connectivity index (χ1) is 8.71. The Labute approximate surface area is 103 Å². The zero-order valence-corrected chi connectivity index (χ0v) is 9.61. The summed E-state index contributed by atoms with van der Waals surface area (Å²) in [5.41, 5.74) is 0.361. The molecule has 0 radical (unpaired) electrons. The number of rotatable bonds is 3. The van der Waals surface area contributed by atoms with Gasteiger partial charge in [-0.1, -0.05) is 12.1 Å². The number of aromatic amines is 1. The Bertz CT molecular complexity index is 558. The molecule has 0 unspecified atom stereocenters. The van der Waals surface area contributed by atoms with Crippen LogP contribution in [0, 0.1) is 5.82 Å². The maximum absolute atomic E-state index is 12.9. The molecule has 92 valence electrons. The lowest BCUT2D eigenvalue weighted by Gasteiger charge is -2.14. The first-order valence-corrected chi connectivity index (χ1v) is 5.78. The molecule has 1 aliphatic rings. The van der Waals surface area contributed by atoms with E-state index >= 15 is 0 Å². The monoisotopic (exact) mass is 245 g/mol. The number of hydrogen-bond acceptors (Lipinski definition) is 2. The summed E-state index contributed by atoms with van der Waals surface area (Å²) in [6.07, 6.45) is 3.16. The van der Waals surface area contributed by atoms with Gasteiger partial charge in [-0.2, -0.15) is 5.10 Å². The molecule has 18 heavy (non-hydrogen) atoms. The Balaban J connectivity index is 1.82. The van der Waals surface area contributed by atoms with Gasteiger partial charge in [-0.05, 0) is 30.5 Å². The summed E-state index contributed by atoms with van der Waals surface area (Å²) in [4.78, 5) is 12.2. The first-order valence-electron chi connectivity index (χ1n) is 5.78. The molecule has 1 aromatic heterocycles. The molecule has 0 aliphatic heterocycles. The Morgan fingerprint density at radius 2 is 2.00 bits per heavy atom. The van der Waals surface area contributed by atoms with Crippen molar-refractivity contribution in [3.8, 4) is 0 Å². The van der Waals surface area contributed by atoms with Crippen LogP contribution in [0.5, 0.6) is 0 Å². The van der Waals surface area contributed by atoms with Gasteiger partial charge < -0.3 is 5.32 Å². The number of halogens is 1. The summed E-state index contributed by atoms with van der Waals surface area (Å²) in [6, 6.07) is 7.82. The molecular formula is C13H12FN3O. The summed E-state index contributed by atoms with van der Waals surface area (Å²) in [6.45, 7) is 0. The molecule has 1 saturated carbocycles. The molecule has 5 heteroatoms. The fourth-order valence-electron chi connectivity index (χ4n) is 2.11. The minimum Gasteiger partial charge on any atom is -0.310 e. The Hall–Kier alpha value is -2.17. The Morgan fingerprint density at radius 1 is 1.28 bits per heavy atom. The van der Waals surface area contributed by atoms with E-state index < -0.39 is 5.41 Å². The largest absolute Gasteiger partial charge is 0.310 e. The number of aromatic nitrogens is 2. The predicted molar refractivity (Wildman–Crippen MR) is 64.5 cm³/mol. The van der Waals surface area contributed by atoms with Crippen molar-refractivity contribution in [2.45, 2.75) is 18.3 Å². The molecule has 2 aromatic rings. The quantitative estimate of drug-likeness (QED) is 0.871. The van der Waals surface area contributed by atoms with E-state index in [1.807, 2.05) is 0 Å². The van der Waals surface area contributed by atoms with Crippen LogP contribution in [0.15, 0.2) is 36.5 Å². The maximum Gasteiger partial charge on any atom is 0.236 e. The van der Waals surface area contributed by atoms with Crippen LogP contribution >= 0.6 is 0 Å². The molecule has 1 fully saturated rings. The highest BCUT2D eigenvalue weighted by Gasteiger charge is 2.51. The Kier molecular flexibility index (Phi) is 2.40. The van der Waals surface area contributed by atoms with E-state index in [1.54, 1.807) is 24.4 Å². The summed E-state index contributed by atoms with van der Waals surface area (Å²) in [5.74, 6) is 0.218. The third-order valence-corrected chi connectivity index (χ3v) is 3.33. The van der Waals surface area contributed by atoms with Crippen molar-refractivity contribution >= 4 is 11.7 Å². The molecule has 2 N–H and O–H groups in total. The van der Waals surface area contributed by atoms with Crippen molar-refractivity contribution in [1.29, 1.82) is 0 Å². The molecule has 0 saturated heterocycles. The predicted octanol–water partition coefficient (Wildman–Crippen LogP) is 2.22. The van der Waals surface area contributed by atoms with Crippen LogP contribution in [0.2, 0.25) is 0 Å². The highest BCUT2D eigenvalue weighted by molar-refractivity contribution is 6.00. The van der Waals surface area contributed by atoms with Crippen molar-refractivity contribution in [2.24, 2.45) is 0 Å². The Morgan fingerprint density at radius 3 is 2.56 bits per heavy atom. The first kappa shape index (κ1) is 11.0. The molecule has 1 aromatic carbocycles. The fraction of sp³-hybridized carbons (Fsp3) is 0.231. The number of benzene rings is 1. The highest BCUT2D eigenvalue weighted by atomic mass is 19.1. The summed E-state index contributed by atoms with van der Waals surface area (Å²) in [5, 5.41) is 9.25. The summed E-state index contributed by atoms with van der Waals surface area (Å²) >= 11 is 0. The zero-order chi connectivity index (χ0) is 12.6. The number of nitrogens with zero attached hydrogens (tertiary/aromatic N) is 1. The van der Waals surface area contributed by atoms with Gasteiger partial charge in [0.1, 0.15) is 11.6 Å². The van der Waals surface area contributed by atoms with Gasteiger partial charge in [-0.25, -0.2) is 4.39 Å². The molecule has 1 aliphatic carbocycles. The molecule has 0 atom stereocenters. The number of amides is 1. The highest BCUT2D eigenvalue weighted by Crippen LogP contribution is 2.48. The molecule has 4 nitrogen and oxygen atoms in total. The van der Waals surface area contributed by atoms with Crippen LogP contribution < -0.4 is 5.32 Å². The topological polar surface area (TPSA) is 57.8 Å². The third-order valence-electron chi connectivity index (χ3n) is 3.33. The molecular weight excluding hydrogens is 233 g/mol. The van der Waals surface area contributed by atoms with Crippen molar-refractivity contribution in [3.05, 3.63) is 47.9 Å². The van der Waals surface area contributed by atoms with Gasteiger partial charge in [-0.3, -0.25) is 9.89 Å². The van der Waals surface area contributed by atoms with E-state index in [0.29, 0.717) is 5.82 Å². The average Bonchev–Trinajstić information content (AvgIpc) is 3.03. The second-order valence-electron chi connectivity index (χ2n) is 4.51. The molecule has 3 rings (SSSR count). The van der Waals surface area contributed by atoms with Gasteiger partial charge in [0, 0.05) is 6.07 Å². The van der Waals surface area contributed by atoms with Crippen LogP contribution in [0.4, 0.5) is 10.2 Å². The van der Waals surface area contributed by atoms with Crippen molar-refractivity contribution in [3.63, 3.8) is 0 Å². The lowest BCUT2D eigenvalue weighted by atomic mass is 9.95. The van der Waals surface area contributed by atoms with E-state index in [2.05, 4.69) is 15.5 Å².